The zero-order valence-corrected chi connectivity index (χ0v) is 7.57. The Bertz CT molecular complexity index is 114. The van der Waals surface area contributed by atoms with Gasteiger partial charge in [0.1, 0.15) is 0 Å². The summed E-state index contributed by atoms with van der Waals surface area (Å²) in [5, 5.41) is 18.0. The summed E-state index contributed by atoms with van der Waals surface area (Å²) in [7, 11) is 1.56. The molecule has 0 aromatic rings. The lowest BCUT2D eigenvalue weighted by Gasteiger charge is -2.19. The summed E-state index contributed by atoms with van der Waals surface area (Å²) in [5.74, 6) is 0. The third kappa shape index (κ3) is 4.49. The van der Waals surface area contributed by atoms with Crippen LogP contribution in [0.5, 0.6) is 0 Å². The van der Waals surface area contributed by atoms with Gasteiger partial charge in [0.15, 0.2) is 0 Å². The SMILES string of the molecule is C=CCC(O)[C@@H](CCCO)OC. The van der Waals surface area contributed by atoms with Crippen LogP contribution in [0.25, 0.3) is 0 Å². The molecule has 0 aromatic heterocycles. The molecule has 3 heteroatoms. The molecule has 12 heavy (non-hydrogen) atoms. The molecular formula is C9H18O3. The van der Waals surface area contributed by atoms with Crippen molar-refractivity contribution >= 4 is 0 Å². The van der Waals surface area contributed by atoms with Gasteiger partial charge in [-0.3, -0.25) is 0 Å². The molecule has 0 aliphatic carbocycles. The fraction of sp³-hybridized carbons (Fsp3) is 0.778. The van der Waals surface area contributed by atoms with Crippen LogP contribution >= 0.6 is 0 Å². The Kier molecular flexibility index (Phi) is 7.05. The van der Waals surface area contributed by atoms with Crippen molar-refractivity contribution in [1.82, 2.24) is 0 Å². The van der Waals surface area contributed by atoms with Crippen LogP contribution in [0.15, 0.2) is 12.7 Å². The molecule has 1 unspecified atom stereocenters. The smallest absolute Gasteiger partial charge is 0.0835 e. The summed E-state index contributed by atoms with van der Waals surface area (Å²) in [6, 6.07) is 0. The zero-order valence-electron chi connectivity index (χ0n) is 7.57. The first-order valence-corrected chi connectivity index (χ1v) is 4.18. The van der Waals surface area contributed by atoms with E-state index in [-0.39, 0.29) is 12.7 Å². The summed E-state index contributed by atoms with van der Waals surface area (Å²) in [6.07, 6.45) is 2.85. The van der Waals surface area contributed by atoms with Crippen molar-refractivity contribution in [1.29, 1.82) is 0 Å². The Hall–Kier alpha value is -0.380. The lowest BCUT2D eigenvalue weighted by Crippen LogP contribution is -2.27. The van der Waals surface area contributed by atoms with Gasteiger partial charge >= 0.3 is 0 Å². The molecule has 0 bridgehead atoms. The van der Waals surface area contributed by atoms with Crippen molar-refractivity contribution in [2.45, 2.75) is 31.5 Å². The molecule has 0 fully saturated rings. The van der Waals surface area contributed by atoms with Gasteiger partial charge in [-0.2, -0.15) is 0 Å². The monoisotopic (exact) mass is 174 g/mol. The summed E-state index contributed by atoms with van der Waals surface area (Å²) in [6.45, 7) is 3.67. The molecule has 0 heterocycles. The largest absolute Gasteiger partial charge is 0.396 e. The first-order chi connectivity index (χ1) is 5.76. The third-order valence-electron chi connectivity index (χ3n) is 1.79. The fourth-order valence-corrected chi connectivity index (χ4v) is 1.08. The molecule has 0 aliphatic rings. The van der Waals surface area contributed by atoms with Gasteiger partial charge < -0.3 is 14.9 Å². The van der Waals surface area contributed by atoms with Crippen molar-refractivity contribution < 1.29 is 14.9 Å². The number of ether oxygens (including phenoxy) is 1. The first-order valence-electron chi connectivity index (χ1n) is 4.18. The molecule has 0 saturated carbocycles. The molecule has 0 aromatic carbocycles. The quantitative estimate of drug-likeness (QED) is 0.559. The first kappa shape index (κ1) is 11.6. The molecule has 0 radical (unpaired) electrons. The van der Waals surface area contributed by atoms with Crippen LogP contribution < -0.4 is 0 Å². The van der Waals surface area contributed by atoms with E-state index in [1.807, 2.05) is 0 Å². The van der Waals surface area contributed by atoms with Gasteiger partial charge in [0.05, 0.1) is 12.2 Å². The number of rotatable bonds is 7. The van der Waals surface area contributed by atoms with Crippen molar-refractivity contribution in [3.05, 3.63) is 12.7 Å². The highest BCUT2D eigenvalue weighted by molar-refractivity contribution is 4.78. The summed E-state index contributed by atoms with van der Waals surface area (Å²) >= 11 is 0. The van der Waals surface area contributed by atoms with Gasteiger partial charge in [-0.05, 0) is 19.3 Å². The molecular weight excluding hydrogens is 156 g/mol. The average Bonchev–Trinajstić information content (AvgIpc) is 2.06. The minimum Gasteiger partial charge on any atom is -0.396 e. The second kappa shape index (κ2) is 7.28. The van der Waals surface area contributed by atoms with Crippen LogP contribution in [0.1, 0.15) is 19.3 Å². The molecule has 0 amide bonds. The molecule has 2 atom stereocenters. The maximum atomic E-state index is 9.46. The Labute approximate surface area is 73.7 Å². The minimum absolute atomic E-state index is 0.140. The van der Waals surface area contributed by atoms with E-state index in [2.05, 4.69) is 6.58 Å². The average molecular weight is 174 g/mol. The number of aliphatic hydroxyl groups is 2. The lowest BCUT2D eigenvalue weighted by atomic mass is 10.1. The Balaban J connectivity index is 3.69. The maximum absolute atomic E-state index is 9.46. The molecule has 0 rings (SSSR count). The Morgan fingerprint density at radius 1 is 1.58 bits per heavy atom. The highest BCUT2D eigenvalue weighted by Crippen LogP contribution is 2.09. The van der Waals surface area contributed by atoms with E-state index < -0.39 is 6.10 Å². The molecule has 0 saturated heterocycles. The maximum Gasteiger partial charge on any atom is 0.0835 e. The Morgan fingerprint density at radius 2 is 2.25 bits per heavy atom. The predicted molar refractivity (Wildman–Crippen MR) is 47.9 cm³/mol. The highest BCUT2D eigenvalue weighted by Gasteiger charge is 2.16. The van der Waals surface area contributed by atoms with Gasteiger partial charge in [0.2, 0.25) is 0 Å². The van der Waals surface area contributed by atoms with Crippen molar-refractivity contribution in [2.24, 2.45) is 0 Å². The molecule has 72 valence electrons. The van der Waals surface area contributed by atoms with Crippen LogP contribution in [0.2, 0.25) is 0 Å². The van der Waals surface area contributed by atoms with Gasteiger partial charge in [-0.1, -0.05) is 6.08 Å². The number of methoxy groups -OCH3 is 1. The van der Waals surface area contributed by atoms with Crippen LogP contribution in [0.4, 0.5) is 0 Å². The fourth-order valence-electron chi connectivity index (χ4n) is 1.08. The Morgan fingerprint density at radius 3 is 2.67 bits per heavy atom. The van der Waals surface area contributed by atoms with Gasteiger partial charge in [0, 0.05) is 13.7 Å². The number of aliphatic hydroxyl groups excluding tert-OH is 2. The van der Waals surface area contributed by atoms with Crippen molar-refractivity contribution in [3.63, 3.8) is 0 Å². The molecule has 0 aliphatic heterocycles. The van der Waals surface area contributed by atoms with E-state index >= 15 is 0 Å². The van der Waals surface area contributed by atoms with E-state index in [1.165, 1.54) is 0 Å². The minimum atomic E-state index is -0.501. The highest BCUT2D eigenvalue weighted by atomic mass is 16.5. The van der Waals surface area contributed by atoms with E-state index in [9.17, 15) is 5.11 Å². The summed E-state index contributed by atoms with van der Waals surface area (Å²) < 4.78 is 5.06. The molecule has 3 nitrogen and oxygen atoms in total. The molecule has 0 spiro atoms. The van der Waals surface area contributed by atoms with Crippen LogP contribution in [0, 0.1) is 0 Å². The molecule has 2 N–H and O–H groups in total. The van der Waals surface area contributed by atoms with E-state index in [1.54, 1.807) is 13.2 Å². The normalized spacial score (nSPS) is 15.6. The second-order valence-electron chi connectivity index (χ2n) is 2.73. The number of hydrogen-bond donors (Lipinski definition) is 2. The summed E-state index contributed by atoms with van der Waals surface area (Å²) in [5.41, 5.74) is 0. The zero-order chi connectivity index (χ0) is 9.40. The summed E-state index contributed by atoms with van der Waals surface area (Å²) in [4.78, 5) is 0. The third-order valence-corrected chi connectivity index (χ3v) is 1.79. The van der Waals surface area contributed by atoms with Crippen molar-refractivity contribution in [3.8, 4) is 0 Å². The van der Waals surface area contributed by atoms with Gasteiger partial charge in [-0.15, -0.1) is 6.58 Å². The van der Waals surface area contributed by atoms with Gasteiger partial charge in [0.25, 0.3) is 0 Å². The van der Waals surface area contributed by atoms with E-state index in [0.717, 1.165) is 0 Å². The standard InChI is InChI=1S/C9H18O3/c1-3-5-8(11)9(12-2)6-4-7-10/h3,8-11H,1,4-7H2,2H3/t8?,9-/m1/s1. The van der Waals surface area contributed by atoms with E-state index in [0.29, 0.717) is 19.3 Å². The van der Waals surface area contributed by atoms with Crippen molar-refractivity contribution in [2.75, 3.05) is 13.7 Å². The number of hydrogen-bond acceptors (Lipinski definition) is 3. The van der Waals surface area contributed by atoms with Crippen LogP contribution in [-0.2, 0) is 4.74 Å². The topological polar surface area (TPSA) is 49.7 Å². The predicted octanol–water partition coefficient (Wildman–Crippen LogP) is 0.711. The van der Waals surface area contributed by atoms with Crippen LogP contribution in [-0.4, -0.2) is 36.1 Å². The van der Waals surface area contributed by atoms with Gasteiger partial charge in [-0.25, -0.2) is 0 Å². The second-order valence-corrected chi connectivity index (χ2v) is 2.73. The van der Waals surface area contributed by atoms with Crippen LogP contribution in [0.3, 0.4) is 0 Å². The lowest BCUT2D eigenvalue weighted by molar-refractivity contribution is -0.0172. The van der Waals surface area contributed by atoms with E-state index in [4.69, 9.17) is 9.84 Å².